The number of thiazole rings is 1. The van der Waals surface area contributed by atoms with Gasteiger partial charge in [0.25, 0.3) is 0 Å². The smallest absolute Gasteiger partial charge is 0.245 e. The highest BCUT2D eigenvalue weighted by molar-refractivity contribution is 7.22. The molecule has 22 heavy (non-hydrogen) atoms. The zero-order valence-electron chi connectivity index (χ0n) is 13.8. The summed E-state index contributed by atoms with van der Waals surface area (Å²) in [7, 11) is 1.91. The topological polar surface area (TPSA) is 54.3 Å². The number of hydrogen-bond acceptors (Lipinski definition) is 5. The lowest BCUT2D eigenvalue weighted by molar-refractivity contribution is -0.134. The first-order chi connectivity index (χ1) is 10.4. The van der Waals surface area contributed by atoms with Crippen LogP contribution in [0.15, 0.2) is 0 Å². The quantitative estimate of drug-likeness (QED) is 0.868. The summed E-state index contributed by atoms with van der Waals surface area (Å²) in [5, 5.41) is 5.31. The second-order valence-electron chi connectivity index (χ2n) is 6.41. The average molecular weight is 321 g/mol. The van der Waals surface area contributed by atoms with E-state index in [9.17, 15) is 4.79 Å². The minimum absolute atomic E-state index is 0.152. The van der Waals surface area contributed by atoms with Crippen LogP contribution in [0.3, 0.4) is 0 Å². The highest BCUT2D eigenvalue weighted by Crippen LogP contribution is 2.32. The summed E-state index contributed by atoms with van der Waals surface area (Å²) in [4.78, 5) is 21.4. The third-order valence-corrected chi connectivity index (χ3v) is 5.30. The van der Waals surface area contributed by atoms with E-state index in [1.54, 1.807) is 11.3 Å². The molecular formula is C15H23N5OS. The molecule has 0 unspecified atom stereocenters. The zero-order valence-corrected chi connectivity index (χ0v) is 14.6. The Morgan fingerprint density at radius 2 is 2.09 bits per heavy atom. The van der Waals surface area contributed by atoms with Crippen molar-refractivity contribution < 1.29 is 4.79 Å². The lowest BCUT2D eigenvalue weighted by atomic mass is 10.1. The molecule has 0 bridgehead atoms. The molecule has 1 amide bonds. The fourth-order valence-corrected chi connectivity index (χ4v) is 4.15. The Morgan fingerprint density at radius 3 is 2.73 bits per heavy atom. The van der Waals surface area contributed by atoms with Gasteiger partial charge in [0.1, 0.15) is 6.04 Å². The number of rotatable bonds is 3. The molecule has 1 saturated heterocycles. The van der Waals surface area contributed by atoms with Gasteiger partial charge in [0, 0.05) is 26.7 Å². The van der Waals surface area contributed by atoms with Crippen molar-refractivity contribution in [1.29, 1.82) is 0 Å². The second kappa shape index (κ2) is 5.53. The van der Waals surface area contributed by atoms with Gasteiger partial charge in [0.2, 0.25) is 5.91 Å². The minimum atomic E-state index is -0.152. The molecule has 0 aliphatic carbocycles. The van der Waals surface area contributed by atoms with Gasteiger partial charge in [-0.3, -0.25) is 4.79 Å². The summed E-state index contributed by atoms with van der Waals surface area (Å²) in [6, 6.07) is -0.152. The van der Waals surface area contributed by atoms with Crippen LogP contribution in [-0.2, 0) is 11.8 Å². The third kappa shape index (κ3) is 2.47. The normalized spacial score (nSPS) is 19.7. The molecule has 2 aromatic rings. The summed E-state index contributed by atoms with van der Waals surface area (Å²) in [5.41, 5.74) is 1.90. The van der Waals surface area contributed by atoms with Crippen LogP contribution < -0.4 is 4.90 Å². The summed E-state index contributed by atoms with van der Waals surface area (Å²) in [5.74, 6) is 0.702. The first-order valence-electron chi connectivity index (χ1n) is 7.74. The van der Waals surface area contributed by atoms with E-state index in [4.69, 9.17) is 4.98 Å². The van der Waals surface area contributed by atoms with Gasteiger partial charge in [-0.25, -0.2) is 9.67 Å². The Balaban J connectivity index is 1.85. The fourth-order valence-electron chi connectivity index (χ4n) is 3.01. The number of anilines is 1. The molecule has 3 heterocycles. The van der Waals surface area contributed by atoms with Crippen LogP contribution in [0, 0.1) is 12.8 Å². The van der Waals surface area contributed by atoms with E-state index >= 15 is 0 Å². The fraction of sp³-hybridized carbons (Fsp3) is 0.667. The van der Waals surface area contributed by atoms with Crippen LogP contribution >= 0.6 is 11.3 Å². The number of nitrogens with zero attached hydrogens (tertiary/aromatic N) is 5. The lowest BCUT2D eigenvalue weighted by Gasteiger charge is -2.39. The molecule has 1 aliphatic rings. The van der Waals surface area contributed by atoms with Crippen LogP contribution in [-0.4, -0.2) is 51.2 Å². The van der Waals surface area contributed by atoms with Crippen LogP contribution in [0.5, 0.6) is 0 Å². The maximum atomic E-state index is 12.6. The van der Waals surface area contributed by atoms with Crippen molar-refractivity contribution in [2.24, 2.45) is 13.0 Å². The van der Waals surface area contributed by atoms with E-state index in [0.29, 0.717) is 5.92 Å². The average Bonchev–Trinajstić information content (AvgIpc) is 2.98. The molecule has 3 rings (SSSR count). The van der Waals surface area contributed by atoms with Gasteiger partial charge in [-0.1, -0.05) is 25.2 Å². The van der Waals surface area contributed by atoms with Gasteiger partial charge >= 0.3 is 0 Å². The molecule has 0 saturated carbocycles. The molecule has 0 spiro atoms. The maximum absolute atomic E-state index is 12.6. The monoisotopic (exact) mass is 321 g/mol. The van der Waals surface area contributed by atoms with Gasteiger partial charge < -0.3 is 9.80 Å². The maximum Gasteiger partial charge on any atom is 0.245 e. The van der Waals surface area contributed by atoms with Crippen molar-refractivity contribution in [2.75, 3.05) is 24.5 Å². The molecule has 0 N–H and O–H groups in total. The Bertz CT molecular complexity index is 670. The molecule has 0 radical (unpaired) electrons. The van der Waals surface area contributed by atoms with Gasteiger partial charge in [-0.2, -0.15) is 5.10 Å². The van der Waals surface area contributed by atoms with Gasteiger partial charge in [0.05, 0.1) is 10.4 Å². The third-order valence-electron chi connectivity index (χ3n) is 4.11. The number of aryl methyl sites for hydroxylation is 2. The first kappa shape index (κ1) is 15.3. The van der Waals surface area contributed by atoms with E-state index in [-0.39, 0.29) is 11.9 Å². The molecule has 1 fully saturated rings. The Labute approximate surface area is 134 Å². The number of carbonyl (C=O) groups is 1. The van der Waals surface area contributed by atoms with E-state index in [0.717, 1.165) is 40.8 Å². The van der Waals surface area contributed by atoms with Crippen molar-refractivity contribution in [3.05, 3.63) is 5.69 Å². The summed E-state index contributed by atoms with van der Waals surface area (Å²) in [6.07, 6.45) is 0. The number of fused-ring (bicyclic) bond motifs is 1. The molecule has 2 aromatic heterocycles. The molecule has 1 atom stereocenters. The second-order valence-corrected chi connectivity index (χ2v) is 7.38. The molecule has 1 aliphatic heterocycles. The largest absolute Gasteiger partial charge is 0.339 e. The van der Waals surface area contributed by atoms with Crippen molar-refractivity contribution >= 4 is 32.7 Å². The summed E-state index contributed by atoms with van der Waals surface area (Å²) < 4.78 is 2.92. The predicted molar refractivity (Wildman–Crippen MR) is 89.3 cm³/mol. The molecule has 6 nitrogen and oxygen atoms in total. The van der Waals surface area contributed by atoms with Crippen LogP contribution in [0.25, 0.3) is 10.3 Å². The van der Waals surface area contributed by atoms with E-state index in [1.165, 1.54) is 0 Å². The first-order valence-corrected chi connectivity index (χ1v) is 8.55. The van der Waals surface area contributed by atoms with E-state index < -0.39 is 0 Å². The van der Waals surface area contributed by atoms with Crippen LogP contribution in [0.2, 0.25) is 0 Å². The highest BCUT2D eigenvalue weighted by Gasteiger charge is 2.33. The molecular weight excluding hydrogens is 298 g/mol. The van der Waals surface area contributed by atoms with Gasteiger partial charge in [0.15, 0.2) is 10.8 Å². The Hall–Kier alpha value is -1.63. The number of hydrogen-bond donors (Lipinski definition) is 0. The molecule has 120 valence electrons. The summed E-state index contributed by atoms with van der Waals surface area (Å²) in [6.45, 7) is 10.7. The summed E-state index contributed by atoms with van der Waals surface area (Å²) >= 11 is 1.63. The molecule has 0 aromatic carbocycles. The number of aromatic nitrogens is 3. The van der Waals surface area contributed by atoms with Gasteiger partial charge in [-0.05, 0) is 19.8 Å². The SMILES string of the molecule is Cc1nn(C)c2nc(N3CCN(CC(C)C)C(=O)[C@H]3C)sc12. The minimum Gasteiger partial charge on any atom is -0.339 e. The predicted octanol–water partition coefficient (Wildman–Crippen LogP) is 2.03. The van der Waals surface area contributed by atoms with Crippen molar-refractivity contribution in [2.45, 2.75) is 33.7 Å². The number of piperazine rings is 1. The number of amides is 1. The van der Waals surface area contributed by atoms with Crippen molar-refractivity contribution in [1.82, 2.24) is 19.7 Å². The van der Waals surface area contributed by atoms with Crippen LogP contribution in [0.4, 0.5) is 5.13 Å². The zero-order chi connectivity index (χ0) is 16.0. The van der Waals surface area contributed by atoms with E-state index in [1.807, 2.05) is 30.5 Å². The number of carbonyl (C=O) groups excluding carboxylic acids is 1. The standard InChI is InChI=1S/C15H23N5OS/c1-9(2)8-19-6-7-20(11(4)14(19)21)15-16-13-12(22-15)10(3)17-18(13)5/h9,11H,6-8H2,1-5H3/t11-/m1/s1. The van der Waals surface area contributed by atoms with E-state index in [2.05, 4.69) is 23.8 Å². The van der Waals surface area contributed by atoms with Crippen LogP contribution in [0.1, 0.15) is 26.5 Å². The Kier molecular flexibility index (Phi) is 3.84. The highest BCUT2D eigenvalue weighted by atomic mass is 32.1. The van der Waals surface area contributed by atoms with Gasteiger partial charge in [-0.15, -0.1) is 0 Å². The van der Waals surface area contributed by atoms with Crippen molar-refractivity contribution in [3.63, 3.8) is 0 Å². The molecule has 7 heteroatoms. The lowest BCUT2D eigenvalue weighted by Crippen LogP contribution is -2.56. The van der Waals surface area contributed by atoms with Crippen molar-refractivity contribution in [3.8, 4) is 0 Å². The Morgan fingerprint density at radius 1 is 1.36 bits per heavy atom.